The van der Waals surface area contributed by atoms with E-state index >= 15 is 0 Å². The monoisotopic (exact) mass is 286 g/mol. The lowest BCUT2D eigenvalue weighted by Gasteiger charge is -2.24. The van der Waals surface area contributed by atoms with Gasteiger partial charge in [-0.25, -0.2) is 9.93 Å². The molecule has 0 aliphatic carbocycles. The molecule has 0 saturated carbocycles. The highest BCUT2D eigenvalue weighted by molar-refractivity contribution is 7.87. The summed E-state index contributed by atoms with van der Waals surface area (Å²) in [4.78, 5) is 12.0. The summed E-state index contributed by atoms with van der Waals surface area (Å²) in [6, 6.07) is 7.22. The van der Waals surface area contributed by atoms with Crippen molar-refractivity contribution in [3.8, 4) is 0 Å². The average molecular weight is 286 g/mol. The zero-order chi connectivity index (χ0) is 14.7. The Hall–Kier alpha value is -1.44. The van der Waals surface area contributed by atoms with E-state index < -0.39 is 27.8 Å². The molecular formula is C12H18N2O4S. The maximum absolute atomic E-state index is 12.0. The molecule has 0 saturated heterocycles. The van der Waals surface area contributed by atoms with E-state index in [2.05, 4.69) is 4.72 Å². The molecule has 19 heavy (non-hydrogen) atoms. The molecule has 0 aliphatic rings. The van der Waals surface area contributed by atoms with Crippen LogP contribution in [0.4, 0.5) is 0 Å². The van der Waals surface area contributed by atoms with Crippen molar-refractivity contribution in [1.29, 1.82) is 0 Å². The number of carbonyl (C=O) groups excluding carboxylic acids is 1. The molecule has 0 heterocycles. The molecule has 106 valence electrons. The van der Waals surface area contributed by atoms with Crippen LogP contribution in [-0.2, 0) is 19.7 Å². The summed E-state index contributed by atoms with van der Waals surface area (Å²) in [5, 5.41) is 4.93. The van der Waals surface area contributed by atoms with Gasteiger partial charge in [0.25, 0.3) is 10.2 Å². The lowest BCUT2D eigenvalue weighted by Crippen LogP contribution is -2.40. The van der Waals surface area contributed by atoms with Gasteiger partial charge in [-0.1, -0.05) is 30.3 Å². The molecule has 1 aromatic rings. The van der Waals surface area contributed by atoms with E-state index in [1.807, 2.05) is 0 Å². The van der Waals surface area contributed by atoms with Gasteiger partial charge in [-0.05, 0) is 26.3 Å². The number of esters is 1. The zero-order valence-corrected chi connectivity index (χ0v) is 11.9. The standard InChI is InChI=1S/C12H18N2O4S/c1-12(2,3)18-11(15)10(14-19(13,16)17)9-7-5-4-6-8-9/h4-8,10,14H,1-3H3,(H2,13,16,17)/t10-/m0/s1. The normalized spacial score (nSPS) is 13.9. The van der Waals surface area contributed by atoms with Crippen molar-refractivity contribution in [2.45, 2.75) is 32.4 Å². The third-order valence-electron chi connectivity index (χ3n) is 2.06. The second kappa shape index (κ2) is 5.68. The lowest BCUT2D eigenvalue weighted by atomic mass is 10.1. The highest BCUT2D eigenvalue weighted by atomic mass is 32.2. The van der Waals surface area contributed by atoms with Crippen LogP contribution in [0.1, 0.15) is 32.4 Å². The van der Waals surface area contributed by atoms with Crippen molar-refractivity contribution in [2.24, 2.45) is 5.14 Å². The molecule has 7 heteroatoms. The molecule has 0 bridgehead atoms. The number of hydrogen-bond acceptors (Lipinski definition) is 4. The minimum atomic E-state index is -4.02. The Morgan fingerprint density at radius 3 is 2.21 bits per heavy atom. The van der Waals surface area contributed by atoms with E-state index in [1.54, 1.807) is 51.1 Å². The van der Waals surface area contributed by atoms with E-state index in [0.29, 0.717) is 5.56 Å². The molecule has 0 amide bonds. The molecule has 3 N–H and O–H groups in total. The van der Waals surface area contributed by atoms with Gasteiger partial charge in [-0.3, -0.25) is 0 Å². The molecule has 1 aromatic carbocycles. The first-order chi connectivity index (χ1) is 8.58. The van der Waals surface area contributed by atoms with E-state index in [9.17, 15) is 13.2 Å². The first-order valence-electron chi connectivity index (χ1n) is 5.66. The maximum atomic E-state index is 12.0. The molecule has 0 radical (unpaired) electrons. The van der Waals surface area contributed by atoms with E-state index in [1.165, 1.54) is 0 Å². The Kier molecular flexibility index (Phi) is 4.67. The summed E-state index contributed by atoms with van der Waals surface area (Å²) < 4.78 is 29.5. The molecule has 6 nitrogen and oxygen atoms in total. The van der Waals surface area contributed by atoms with Crippen LogP contribution in [-0.4, -0.2) is 20.0 Å². The van der Waals surface area contributed by atoms with Crippen LogP contribution >= 0.6 is 0 Å². The maximum Gasteiger partial charge on any atom is 0.329 e. The first-order valence-corrected chi connectivity index (χ1v) is 7.21. The van der Waals surface area contributed by atoms with Gasteiger partial charge in [0, 0.05) is 0 Å². The van der Waals surface area contributed by atoms with Crippen LogP contribution < -0.4 is 9.86 Å². The van der Waals surface area contributed by atoms with Gasteiger partial charge >= 0.3 is 5.97 Å². The molecule has 0 aliphatic heterocycles. The van der Waals surface area contributed by atoms with Crippen molar-refractivity contribution < 1.29 is 17.9 Å². The van der Waals surface area contributed by atoms with Gasteiger partial charge in [-0.15, -0.1) is 0 Å². The predicted octanol–water partition coefficient (Wildman–Crippen LogP) is 0.863. The third-order valence-corrected chi connectivity index (χ3v) is 2.62. The van der Waals surface area contributed by atoms with Crippen LogP contribution in [0, 0.1) is 0 Å². The van der Waals surface area contributed by atoms with Crippen LogP contribution in [0.15, 0.2) is 30.3 Å². The fraction of sp³-hybridized carbons (Fsp3) is 0.417. The van der Waals surface area contributed by atoms with Crippen molar-refractivity contribution in [1.82, 2.24) is 4.72 Å². The highest BCUT2D eigenvalue weighted by Gasteiger charge is 2.29. The number of ether oxygens (including phenoxy) is 1. The summed E-state index contributed by atoms with van der Waals surface area (Å²) in [6.45, 7) is 5.09. The number of nitrogens with two attached hydrogens (primary N) is 1. The number of benzene rings is 1. The number of rotatable bonds is 4. The second-order valence-electron chi connectivity index (χ2n) is 5.04. The van der Waals surface area contributed by atoms with Crippen LogP contribution in [0.3, 0.4) is 0 Å². The SMILES string of the molecule is CC(C)(C)OC(=O)[C@@H](NS(N)(=O)=O)c1ccccc1. The van der Waals surface area contributed by atoms with Gasteiger partial charge in [0.15, 0.2) is 0 Å². The van der Waals surface area contributed by atoms with Gasteiger partial charge in [0.2, 0.25) is 0 Å². The Labute approximate surface area is 113 Å². The predicted molar refractivity (Wildman–Crippen MR) is 71.3 cm³/mol. The smallest absolute Gasteiger partial charge is 0.329 e. The Morgan fingerprint density at radius 2 is 1.79 bits per heavy atom. The summed E-state index contributed by atoms with van der Waals surface area (Å²) in [7, 11) is -4.02. The Morgan fingerprint density at radius 1 is 1.26 bits per heavy atom. The van der Waals surface area contributed by atoms with Crippen LogP contribution in [0.25, 0.3) is 0 Å². The van der Waals surface area contributed by atoms with Crippen molar-refractivity contribution in [2.75, 3.05) is 0 Å². The fourth-order valence-corrected chi connectivity index (χ4v) is 1.98. The quantitative estimate of drug-likeness (QED) is 0.802. The molecule has 1 atom stereocenters. The van der Waals surface area contributed by atoms with Gasteiger partial charge in [0.1, 0.15) is 11.6 Å². The van der Waals surface area contributed by atoms with Gasteiger partial charge in [0.05, 0.1) is 0 Å². The van der Waals surface area contributed by atoms with Crippen molar-refractivity contribution in [3.63, 3.8) is 0 Å². The summed E-state index contributed by atoms with van der Waals surface area (Å²) in [6.07, 6.45) is 0. The number of carbonyl (C=O) groups is 1. The highest BCUT2D eigenvalue weighted by Crippen LogP contribution is 2.18. The van der Waals surface area contributed by atoms with E-state index in [-0.39, 0.29) is 0 Å². The molecule has 0 fully saturated rings. The van der Waals surface area contributed by atoms with Gasteiger partial charge < -0.3 is 4.74 Å². The number of nitrogens with one attached hydrogen (secondary N) is 1. The molecule has 1 rings (SSSR count). The zero-order valence-electron chi connectivity index (χ0n) is 11.1. The van der Waals surface area contributed by atoms with Crippen molar-refractivity contribution in [3.05, 3.63) is 35.9 Å². The summed E-state index contributed by atoms with van der Waals surface area (Å²) in [5.41, 5.74) is -0.254. The molecule has 0 aromatic heterocycles. The topological polar surface area (TPSA) is 98.5 Å². The van der Waals surface area contributed by atoms with E-state index in [0.717, 1.165) is 0 Å². The largest absolute Gasteiger partial charge is 0.459 e. The number of hydrogen-bond donors (Lipinski definition) is 2. The molecule has 0 unspecified atom stereocenters. The average Bonchev–Trinajstić information content (AvgIpc) is 2.23. The van der Waals surface area contributed by atoms with Crippen molar-refractivity contribution >= 4 is 16.2 Å². The summed E-state index contributed by atoms with van der Waals surface area (Å²) >= 11 is 0. The fourth-order valence-electron chi connectivity index (χ4n) is 1.42. The summed E-state index contributed by atoms with van der Waals surface area (Å²) in [5.74, 6) is -0.701. The van der Waals surface area contributed by atoms with Crippen LogP contribution in [0.5, 0.6) is 0 Å². The van der Waals surface area contributed by atoms with Gasteiger partial charge in [-0.2, -0.15) is 13.1 Å². The second-order valence-corrected chi connectivity index (χ2v) is 6.37. The first kappa shape index (κ1) is 15.6. The minimum absolute atomic E-state index is 0.464. The minimum Gasteiger partial charge on any atom is -0.459 e. The third kappa shape index (κ3) is 5.82. The molecule has 0 spiro atoms. The Balaban J connectivity index is 3.03. The van der Waals surface area contributed by atoms with E-state index in [4.69, 9.17) is 9.88 Å². The van der Waals surface area contributed by atoms with Crippen LogP contribution in [0.2, 0.25) is 0 Å². The Bertz CT molecular complexity index is 535. The lowest BCUT2D eigenvalue weighted by molar-refractivity contribution is -0.157. The molecular weight excluding hydrogens is 268 g/mol.